The Morgan fingerprint density at radius 3 is 2.47 bits per heavy atom. The molecule has 2 fully saturated rings. The molecule has 84 valence electrons. The van der Waals surface area contributed by atoms with Crippen LogP contribution in [0.1, 0.15) is 6.42 Å². The van der Waals surface area contributed by atoms with E-state index in [1.54, 1.807) is 4.90 Å². The minimum atomic E-state index is -0.661. The number of amides is 1. The quantitative estimate of drug-likeness (QED) is 0.637. The van der Waals surface area contributed by atoms with Crippen molar-refractivity contribution in [2.24, 2.45) is 11.8 Å². The van der Waals surface area contributed by atoms with Gasteiger partial charge in [-0.2, -0.15) is 0 Å². The molecule has 2 rings (SSSR count). The average molecular weight is 212 g/mol. The van der Waals surface area contributed by atoms with Gasteiger partial charge in [-0.1, -0.05) is 0 Å². The summed E-state index contributed by atoms with van der Waals surface area (Å²) in [5.74, 6) is -0.439. The third kappa shape index (κ3) is 2.47. The van der Waals surface area contributed by atoms with E-state index in [0.717, 1.165) is 45.6 Å². The molecule has 0 radical (unpaired) electrons. The lowest BCUT2D eigenvalue weighted by molar-refractivity contribution is -0.138. The Morgan fingerprint density at radius 2 is 2.00 bits per heavy atom. The summed E-state index contributed by atoms with van der Waals surface area (Å²) in [6.07, 6.45) is 1.71. The molecule has 0 aromatic rings. The van der Waals surface area contributed by atoms with Crippen molar-refractivity contribution in [2.45, 2.75) is 6.42 Å². The molecule has 0 aromatic heterocycles. The molecular weight excluding hydrogens is 196 g/mol. The van der Waals surface area contributed by atoms with Crippen LogP contribution in [0, 0.1) is 11.8 Å². The van der Waals surface area contributed by atoms with E-state index in [4.69, 9.17) is 5.11 Å². The SMILES string of the molecule is O=CN1CCN(CC2CC2C(=O)O)CC1. The Hall–Kier alpha value is -1.10. The van der Waals surface area contributed by atoms with Crippen LogP contribution < -0.4 is 0 Å². The standard InChI is InChI=1S/C10H16N2O3/c13-7-12-3-1-11(2-4-12)6-8-5-9(8)10(14)15/h7-9H,1-6H2,(H,14,15). The lowest BCUT2D eigenvalue weighted by Crippen LogP contribution is -2.46. The van der Waals surface area contributed by atoms with Crippen molar-refractivity contribution in [1.82, 2.24) is 9.80 Å². The topological polar surface area (TPSA) is 60.9 Å². The Kier molecular flexibility index (Phi) is 2.90. The van der Waals surface area contributed by atoms with Crippen LogP contribution in [0.2, 0.25) is 0 Å². The average Bonchev–Trinajstić information content (AvgIpc) is 2.98. The number of hydrogen-bond acceptors (Lipinski definition) is 3. The van der Waals surface area contributed by atoms with Gasteiger partial charge in [0.1, 0.15) is 0 Å². The first-order chi connectivity index (χ1) is 7.20. The summed E-state index contributed by atoms with van der Waals surface area (Å²) < 4.78 is 0. The van der Waals surface area contributed by atoms with E-state index in [-0.39, 0.29) is 5.92 Å². The monoisotopic (exact) mass is 212 g/mol. The summed E-state index contributed by atoms with van der Waals surface area (Å²) in [5, 5.41) is 8.76. The van der Waals surface area contributed by atoms with Gasteiger partial charge in [-0.25, -0.2) is 0 Å². The summed E-state index contributed by atoms with van der Waals surface area (Å²) in [7, 11) is 0. The summed E-state index contributed by atoms with van der Waals surface area (Å²) in [6.45, 7) is 4.18. The van der Waals surface area contributed by atoms with Crippen LogP contribution >= 0.6 is 0 Å². The van der Waals surface area contributed by atoms with Crippen LogP contribution in [0.4, 0.5) is 0 Å². The van der Waals surface area contributed by atoms with Gasteiger partial charge in [0.15, 0.2) is 0 Å². The highest BCUT2D eigenvalue weighted by atomic mass is 16.4. The summed E-state index contributed by atoms with van der Waals surface area (Å²) >= 11 is 0. The maximum Gasteiger partial charge on any atom is 0.306 e. The van der Waals surface area contributed by atoms with Gasteiger partial charge in [0, 0.05) is 32.7 Å². The molecule has 2 atom stereocenters. The molecule has 1 saturated carbocycles. The fourth-order valence-electron chi connectivity index (χ4n) is 2.13. The second-order valence-corrected chi connectivity index (χ2v) is 4.38. The lowest BCUT2D eigenvalue weighted by atomic mass is 10.2. The van der Waals surface area contributed by atoms with Gasteiger partial charge in [-0.3, -0.25) is 14.5 Å². The molecule has 5 nitrogen and oxygen atoms in total. The zero-order valence-electron chi connectivity index (χ0n) is 8.63. The van der Waals surface area contributed by atoms with E-state index < -0.39 is 5.97 Å². The predicted octanol–water partition coefficient (Wildman–Crippen LogP) is -0.519. The molecule has 0 bridgehead atoms. The van der Waals surface area contributed by atoms with Crippen LogP contribution in [-0.4, -0.2) is 60.0 Å². The van der Waals surface area contributed by atoms with Crippen molar-refractivity contribution >= 4 is 12.4 Å². The number of piperazine rings is 1. The molecule has 0 aromatic carbocycles. The molecule has 0 spiro atoms. The molecule has 15 heavy (non-hydrogen) atoms. The van der Waals surface area contributed by atoms with Crippen LogP contribution in [0.15, 0.2) is 0 Å². The zero-order valence-corrected chi connectivity index (χ0v) is 8.63. The third-order valence-corrected chi connectivity index (χ3v) is 3.29. The van der Waals surface area contributed by atoms with Gasteiger partial charge in [0.05, 0.1) is 5.92 Å². The molecule has 2 unspecified atom stereocenters. The maximum atomic E-state index is 10.6. The van der Waals surface area contributed by atoms with Gasteiger partial charge >= 0.3 is 5.97 Å². The van der Waals surface area contributed by atoms with Crippen LogP contribution in [0.25, 0.3) is 0 Å². The molecule has 1 aliphatic heterocycles. The fourth-order valence-corrected chi connectivity index (χ4v) is 2.13. The second-order valence-electron chi connectivity index (χ2n) is 4.38. The second kappa shape index (κ2) is 4.18. The normalized spacial score (nSPS) is 31.3. The molecule has 1 saturated heterocycles. The van der Waals surface area contributed by atoms with Gasteiger partial charge < -0.3 is 10.0 Å². The number of nitrogens with zero attached hydrogens (tertiary/aromatic N) is 2. The number of carbonyl (C=O) groups is 2. The van der Waals surface area contributed by atoms with Gasteiger partial charge in [-0.05, 0) is 12.3 Å². The number of carboxylic acid groups (broad SMARTS) is 1. The lowest BCUT2D eigenvalue weighted by Gasteiger charge is -2.32. The summed E-state index contributed by atoms with van der Waals surface area (Å²) in [4.78, 5) is 25.1. The van der Waals surface area contributed by atoms with E-state index in [0.29, 0.717) is 5.92 Å². The van der Waals surface area contributed by atoms with Crippen molar-refractivity contribution in [2.75, 3.05) is 32.7 Å². The maximum absolute atomic E-state index is 10.6. The zero-order chi connectivity index (χ0) is 10.8. The highest BCUT2D eigenvalue weighted by Gasteiger charge is 2.43. The van der Waals surface area contributed by atoms with Crippen LogP contribution in [0.5, 0.6) is 0 Å². The van der Waals surface area contributed by atoms with Crippen molar-refractivity contribution in [3.05, 3.63) is 0 Å². The van der Waals surface area contributed by atoms with E-state index in [2.05, 4.69) is 4.90 Å². The van der Waals surface area contributed by atoms with Crippen LogP contribution in [0.3, 0.4) is 0 Å². The Labute approximate surface area is 88.6 Å². The van der Waals surface area contributed by atoms with Crippen molar-refractivity contribution in [1.29, 1.82) is 0 Å². The van der Waals surface area contributed by atoms with Gasteiger partial charge in [0.2, 0.25) is 6.41 Å². The predicted molar refractivity (Wildman–Crippen MR) is 53.3 cm³/mol. The number of carboxylic acids is 1. The van der Waals surface area contributed by atoms with Crippen molar-refractivity contribution in [3.63, 3.8) is 0 Å². The highest BCUT2D eigenvalue weighted by Crippen LogP contribution is 2.39. The van der Waals surface area contributed by atoms with Crippen molar-refractivity contribution < 1.29 is 14.7 Å². The first-order valence-electron chi connectivity index (χ1n) is 5.35. The molecule has 1 N–H and O–H groups in total. The fraction of sp³-hybridized carbons (Fsp3) is 0.800. The number of rotatable bonds is 4. The van der Waals surface area contributed by atoms with Gasteiger partial charge in [0.25, 0.3) is 0 Å². The van der Waals surface area contributed by atoms with E-state index in [1.807, 2.05) is 0 Å². The molecule has 1 amide bonds. The first-order valence-corrected chi connectivity index (χ1v) is 5.35. The summed E-state index contributed by atoms with van der Waals surface area (Å²) in [6, 6.07) is 0. The number of hydrogen-bond donors (Lipinski definition) is 1. The summed E-state index contributed by atoms with van der Waals surface area (Å²) in [5.41, 5.74) is 0. The van der Waals surface area contributed by atoms with E-state index in [1.165, 1.54) is 0 Å². The van der Waals surface area contributed by atoms with E-state index in [9.17, 15) is 9.59 Å². The molecule has 5 heteroatoms. The first kappa shape index (κ1) is 10.4. The van der Waals surface area contributed by atoms with Crippen LogP contribution in [-0.2, 0) is 9.59 Å². The largest absolute Gasteiger partial charge is 0.481 e. The molecule has 2 aliphatic rings. The number of carbonyl (C=O) groups excluding carboxylic acids is 1. The third-order valence-electron chi connectivity index (χ3n) is 3.29. The minimum Gasteiger partial charge on any atom is -0.481 e. The van der Waals surface area contributed by atoms with Crippen molar-refractivity contribution in [3.8, 4) is 0 Å². The van der Waals surface area contributed by atoms with Gasteiger partial charge in [-0.15, -0.1) is 0 Å². The molecular formula is C10H16N2O3. The Bertz CT molecular complexity index is 261. The molecule has 1 heterocycles. The smallest absolute Gasteiger partial charge is 0.306 e. The highest BCUT2D eigenvalue weighted by molar-refractivity contribution is 5.73. The Balaban J connectivity index is 1.70. The molecule has 1 aliphatic carbocycles. The minimum absolute atomic E-state index is 0.117. The van der Waals surface area contributed by atoms with E-state index >= 15 is 0 Å². The number of aliphatic carboxylic acids is 1. The Morgan fingerprint density at radius 1 is 1.33 bits per heavy atom.